The Labute approximate surface area is 63.5 Å². The average molecular weight is 163 g/mol. The van der Waals surface area contributed by atoms with Crippen LogP contribution in [0, 0.1) is 11.3 Å². The van der Waals surface area contributed by atoms with Crippen molar-refractivity contribution < 1.29 is 9.46 Å². The number of rotatable bonds is 2. The number of hydrogen-bond acceptors (Lipinski definition) is 1. The van der Waals surface area contributed by atoms with Crippen LogP contribution in [0.25, 0.3) is 0 Å². The first-order valence-electron chi connectivity index (χ1n) is 3.47. The predicted molar refractivity (Wildman–Crippen MR) is 43.3 cm³/mol. The van der Waals surface area contributed by atoms with Crippen molar-refractivity contribution in [3.8, 4) is 0 Å². The molecule has 3 heteroatoms. The first-order valence-corrected chi connectivity index (χ1v) is 4.87. The van der Waals surface area contributed by atoms with Crippen molar-refractivity contribution in [2.45, 2.75) is 27.7 Å². The second-order valence-electron chi connectivity index (χ2n) is 3.80. The minimum absolute atomic E-state index is 0.147. The highest BCUT2D eigenvalue weighted by Crippen LogP contribution is 2.31. The fourth-order valence-electron chi connectivity index (χ4n) is 0.508. The molecule has 60 valence electrons. The highest BCUT2D eigenvalue weighted by Gasteiger charge is 2.27. The molecule has 10 heavy (non-hydrogen) atoms. The zero-order valence-corrected chi connectivity index (χ0v) is 7.98. The summed E-state index contributed by atoms with van der Waals surface area (Å²) in [6.07, 6.45) is 0.416. The van der Waals surface area contributed by atoms with Gasteiger partial charge in [-0.3, -0.25) is 0 Å². The van der Waals surface area contributed by atoms with Crippen LogP contribution in [0.15, 0.2) is 0 Å². The van der Waals surface area contributed by atoms with Gasteiger partial charge in [0.15, 0.2) is 6.16 Å². The van der Waals surface area contributed by atoms with E-state index in [4.69, 9.17) is 4.89 Å². The van der Waals surface area contributed by atoms with Crippen molar-refractivity contribution in [2.75, 3.05) is 6.16 Å². The van der Waals surface area contributed by atoms with Gasteiger partial charge in [0, 0.05) is 5.92 Å². The summed E-state index contributed by atoms with van der Waals surface area (Å²) in [4.78, 5) is 8.60. The molecular weight excluding hydrogens is 147 g/mol. The van der Waals surface area contributed by atoms with Crippen molar-refractivity contribution in [3.05, 3.63) is 0 Å². The maximum atomic E-state index is 10.4. The first-order chi connectivity index (χ1) is 4.34. The molecule has 0 aromatic carbocycles. The molecule has 0 aliphatic heterocycles. The Balaban J connectivity index is 3.85. The summed E-state index contributed by atoms with van der Waals surface area (Å²) in [7, 11) is -1.95. The molecule has 0 fully saturated rings. The van der Waals surface area contributed by atoms with E-state index < -0.39 is 8.03 Å². The second-order valence-corrected chi connectivity index (χ2v) is 4.87. The Morgan fingerprint density at radius 1 is 1.50 bits per heavy atom. The van der Waals surface area contributed by atoms with Crippen LogP contribution in [-0.2, 0) is 4.57 Å². The van der Waals surface area contributed by atoms with E-state index in [0.717, 1.165) is 0 Å². The van der Waals surface area contributed by atoms with Gasteiger partial charge in [-0.15, -0.1) is 0 Å². The van der Waals surface area contributed by atoms with Crippen LogP contribution in [0.3, 0.4) is 0 Å². The third kappa shape index (κ3) is 3.97. The third-order valence-electron chi connectivity index (χ3n) is 1.91. The Hall–Kier alpha value is 0.0600. The Kier molecular flexibility index (Phi) is 3.47. The van der Waals surface area contributed by atoms with Gasteiger partial charge in [-0.1, -0.05) is 27.7 Å². The maximum Gasteiger partial charge on any atom is 0.505 e. The normalized spacial score (nSPS) is 16.7. The molecule has 0 aromatic heterocycles. The van der Waals surface area contributed by atoms with E-state index >= 15 is 0 Å². The minimum atomic E-state index is -1.95. The predicted octanol–water partition coefficient (Wildman–Crippen LogP) is 2.40. The van der Waals surface area contributed by atoms with Crippen LogP contribution in [-0.4, -0.2) is 11.1 Å². The molecule has 0 saturated carbocycles. The van der Waals surface area contributed by atoms with E-state index in [-0.39, 0.29) is 5.41 Å². The van der Waals surface area contributed by atoms with Gasteiger partial charge in [-0.2, -0.15) is 4.89 Å². The molecule has 0 aliphatic rings. The average Bonchev–Trinajstić information content (AvgIpc) is 1.60. The van der Waals surface area contributed by atoms with Crippen molar-refractivity contribution in [1.29, 1.82) is 0 Å². The fourth-order valence-corrected chi connectivity index (χ4v) is 1.52. The molecule has 0 heterocycles. The maximum absolute atomic E-state index is 10.4. The lowest BCUT2D eigenvalue weighted by Crippen LogP contribution is -2.19. The number of hydrogen-bond donors (Lipinski definition) is 1. The molecule has 2 unspecified atom stereocenters. The van der Waals surface area contributed by atoms with Crippen LogP contribution in [0.5, 0.6) is 0 Å². The zero-order chi connectivity index (χ0) is 8.36. The first kappa shape index (κ1) is 10.1. The lowest BCUT2D eigenvalue weighted by Gasteiger charge is -2.22. The van der Waals surface area contributed by atoms with E-state index in [9.17, 15) is 4.57 Å². The highest BCUT2D eigenvalue weighted by molar-refractivity contribution is 7.38. The minimum Gasteiger partial charge on any atom is -0.161 e. The van der Waals surface area contributed by atoms with Crippen molar-refractivity contribution in [1.82, 2.24) is 0 Å². The van der Waals surface area contributed by atoms with Crippen LogP contribution in [0.4, 0.5) is 0 Å². The second kappa shape index (κ2) is 3.45. The highest BCUT2D eigenvalue weighted by atomic mass is 31.1. The molecule has 0 radical (unpaired) electrons. The molecule has 2 nitrogen and oxygen atoms in total. The third-order valence-corrected chi connectivity index (χ3v) is 2.77. The van der Waals surface area contributed by atoms with Crippen LogP contribution in [0.1, 0.15) is 27.7 Å². The zero-order valence-electron chi connectivity index (χ0n) is 7.09. The van der Waals surface area contributed by atoms with Gasteiger partial charge in [0.25, 0.3) is 0 Å². The van der Waals surface area contributed by atoms with E-state index in [1.165, 1.54) is 0 Å². The molecular formula is C7H16O2P+. The van der Waals surface area contributed by atoms with Crippen LogP contribution < -0.4 is 0 Å². The van der Waals surface area contributed by atoms with Gasteiger partial charge in [0.05, 0.1) is 0 Å². The van der Waals surface area contributed by atoms with Gasteiger partial charge in [-0.05, 0) is 9.98 Å². The van der Waals surface area contributed by atoms with Gasteiger partial charge in [0.2, 0.25) is 0 Å². The summed E-state index contributed by atoms with van der Waals surface area (Å²) in [6.45, 7) is 8.24. The van der Waals surface area contributed by atoms with Gasteiger partial charge in [0.1, 0.15) is 0 Å². The topological polar surface area (TPSA) is 37.3 Å². The van der Waals surface area contributed by atoms with Crippen LogP contribution >= 0.6 is 8.03 Å². The molecule has 1 N–H and O–H groups in total. The molecule has 0 saturated heterocycles. The summed E-state index contributed by atoms with van der Waals surface area (Å²) < 4.78 is 10.4. The summed E-state index contributed by atoms with van der Waals surface area (Å²) in [5.41, 5.74) is 0.147. The lowest BCUT2D eigenvalue weighted by atomic mass is 9.83. The fraction of sp³-hybridized carbons (Fsp3) is 1.00. The molecule has 0 aliphatic carbocycles. The summed E-state index contributed by atoms with van der Waals surface area (Å²) in [5.74, 6) is 0.307. The Morgan fingerprint density at radius 2 is 1.90 bits per heavy atom. The molecule has 0 spiro atoms. The van der Waals surface area contributed by atoms with Crippen molar-refractivity contribution >= 4 is 8.03 Å². The molecule has 0 amide bonds. The summed E-state index contributed by atoms with van der Waals surface area (Å²) >= 11 is 0. The largest absolute Gasteiger partial charge is 0.505 e. The molecule has 0 rings (SSSR count). The van der Waals surface area contributed by atoms with E-state index in [1.54, 1.807) is 0 Å². The van der Waals surface area contributed by atoms with Gasteiger partial charge in [-0.25, -0.2) is 0 Å². The van der Waals surface area contributed by atoms with Gasteiger partial charge < -0.3 is 0 Å². The van der Waals surface area contributed by atoms with Crippen molar-refractivity contribution in [2.24, 2.45) is 11.3 Å². The molecule has 2 atom stereocenters. The Bertz CT molecular complexity index is 126. The quantitative estimate of drug-likeness (QED) is 0.634. The SMILES string of the molecule is CC(C[P+](=O)O)C(C)(C)C. The molecule has 0 bridgehead atoms. The Morgan fingerprint density at radius 3 is 2.00 bits per heavy atom. The lowest BCUT2D eigenvalue weighted by molar-refractivity contribution is 0.282. The van der Waals surface area contributed by atoms with E-state index in [1.807, 2.05) is 6.92 Å². The monoisotopic (exact) mass is 163 g/mol. The van der Waals surface area contributed by atoms with E-state index in [0.29, 0.717) is 12.1 Å². The summed E-state index contributed by atoms with van der Waals surface area (Å²) in [6, 6.07) is 0. The standard InChI is InChI=1S/C7H15O2P/c1-6(5-10(8)9)7(2,3)4/h6H,5H2,1-4H3/p+1. The van der Waals surface area contributed by atoms with Crippen molar-refractivity contribution in [3.63, 3.8) is 0 Å². The summed E-state index contributed by atoms with van der Waals surface area (Å²) in [5, 5.41) is 0. The van der Waals surface area contributed by atoms with Crippen LogP contribution in [0.2, 0.25) is 0 Å². The smallest absolute Gasteiger partial charge is 0.161 e. The van der Waals surface area contributed by atoms with Gasteiger partial charge >= 0.3 is 8.03 Å². The van der Waals surface area contributed by atoms with E-state index in [2.05, 4.69) is 20.8 Å². The molecule has 0 aromatic rings.